The molecular formula is C20H28N2O3. The molecule has 1 aromatic carbocycles. The van der Waals surface area contributed by atoms with Gasteiger partial charge in [-0.05, 0) is 49.8 Å². The zero-order valence-corrected chi connectivity index (χ0v) is 15.0. The summed E-state index contributed by atoms with van der Waals surface area (Å²) in [6.07, 6.45) is 7.00. The van der Waals surface area contributed by atoms with Crippen LogP contribution >= 0.6 is 0 Å². The molecule has 1 saturated heterocycles. The van der Waals surface area contributed by atoms with Crippen LogP contribution in [-0.2, 0) is 16.1 Å². The van der Waals surface area contributed by atoms with Crippen molar-refractivity contribution in [3.05, 3.63) is 29.8 Å². The Morgan fingerprint density at radius 1 is 1.16 bits per heavy atom. The van der Waals surface area contributed by atoms with E-state index in [1.165, 1.54) is 0 Å². The van der Waals surface area contributed by atoms with Gasteiger partial charge in [0.2, 0.25) is 11.8 Å². The number of hydrogen-bond acceptors (Lipinski definition) is 3. The number of carbonyl (C=O) groups excluding carboxylic acids is 2. The van der Waals surface area contributed by atoms with Crippen LogP contribution in [0.3, 0.4) is 0 Å². The van der Waals surface area contributed by atoms with Gasteiger partial charge in [-0.3, -0.25) is 9.59 Å². The van der Waals surface area contributed by atoms with E-state index in [-0.39, 0.29) is 23.8 Å². The van der Waals surface area contributed by atoms with E-state index < -0.39 is 0 Å². The van der Waals surface area contributed by atoms with Crippen LogP contribution in [0.1, 0.15) is 50.5 Å². The van der Waals surface area contributed by atoms with E-state index in [1.54, 1.807) is 7.11 Å². The van der Waals surface area contributed by atoms with Gasteiger partial charge in [-0.15, -0.1) is 0 Å². The molecule has 0 aromatic heterocycles. The van der Waals surface area contributed by atoms with Crippen molar-refractivity contribution in [3.63, 3.8) is 0 Å². The quantitative estimate of drug-likeness (QED) is 0.893. The van der Waals surface area contributed by atoms with Crippen molar-refractivity contribution in [2.24, 2.45) is 5.92 Å². The van der Waals surface area contributed by atoms with Crippen LogP contribution in [0.25, 0.3) is 0 Å². The minimum Gasteiger partial charge on any atom is -0.497 e. The third kappa shape index (κ3) is 4.33. The molecule has 25 heavy (non-hydrogen) atoms. The second-order valence-electron chi connectivity index (χ2n) is 7.09. The van der Waals surface area contributed by atoms with Crippen LogP contribution in [0.15, 0.2) is 24.3 Å². The maximum atomic E-state index is 12.8. The third-order valence-corrected chi connectivity index (χ3v) is 5.39. The molecule has 2 amide bonds. The number of benzene rings is 1. The van der Waals surface area contributed by atoms with E-state index in [0.29, 0.717) is 13.1 Å². The van der Waals surface area contributed by atoms with E-state index in [4.69, 9.17) is 4.74 Å². The van der Waals surface area contributed by atoms with Gasteiger partial charge in [-0.2, -0.15) is 0 Å². The normalized spacial score (nSPS) is 21.2. The zero-order valence-electron chi connectivity index (χ0n) is 15.0. The van der Waals surface area contributed by atoms with Crippen LogP contribution in [0.2, 0.25) is 0 Å². The number of nitrogens with one attached hydrogen (secondary N) is 1. The summed E-state index contributed by atoms with van der Waals surface area (Å²) in [4.78, 5) is 27.4. The van der Waals surface area contributed by atoms with Gasteiger partial charge in [0.25, 0.3) is 0 Å². The van der Waals surface area contributed by atoms with E-state index in [9.17, 15) is 9.59 Å². The highest BCUT2D eigenvalue weighted by molar-refractivity contribution is 5.88. The molecule has 0 radical (unpaired) electrons. The summed E-state index contributed by atoms with van der Waals surface area (Å²) in [6.45, 7) is 1.17. The summed E-state index contributed by atoms with van der Waals surface area (Å²) in [6, 6.07) is 7.37. The largest absolute Gasteiger partial charge is 0.497 e. The Hall–Kier alpha value is -2.04. The highest BCUT2D eigenvalue weighted by atomic mass is 16.5. The highest BCUT2D eigenvalue weighted by Gasteiger charge is 2.36. The fourth-order valence-corrected chi connectivity index (χ4v) is 3.96. The van der Waals surface area contributed by atoms with Crippen LogP contribution in [-0.4, -0.2) is 36.4 Å². The smallest absolute Gasteiger partial charge is 0.243 e. The number of amides is 2. The van der Waals surface area contributed by atoms with Gasteiger partial charge < -0.3 is 15.0 Å². The van der Waals surface area contributed by atoms with Gasteiger partial charge in [0.05, 0.1) is 7.11 Å². The average molecular weight is 344 g/mol. The monoisotopic (exact) mass is 344 g/mol. The lowest BCUT2D eigenvalue weighted by Crippen LogP contribution is -2.53. The summed E-state index contributed by atoms with van der Waals surface area (Å²) < 4.78 is 5.22. The number of ether oxygens (including phenoxy) is 1. The minimum atomic E-state index is -0.313. The molecule has 0 spiro atoms. The first-order chi connectivity index (χ1) is 12.2. The predicted octanol–water partition coefficient (Wildman–Crippen LogP) is 2.88. The topological polar surface area (TPSA) is 58.6 Å². The van der Waals surface area contributed by atoms with Crippen molar-refractivity contribution in [1.82, 2.24) is 10.2 Å². The van der Waals surface area contributed by atoms with Crippen molar-refractivity contribution in [3.8, 4) is 5.75 Å². The lowest BCUT2D eigenvalue weighted by Gasteiger charge is -2.36. The van der Waals surface area contributed by atoms with Gasteiger partial charge >= 0.3 is 0 Å². The van der Waals surface area contributed by atoms with Crippen molar-refractivity contribution >= 4 is 11.8 Å². The molecule has 0 bridgehead atoms. The molecule has 1 N–H and O–H groups in total. The fraction of sp³-hybridized carbons (Fsp3) is 0.600. The van der Waals surface area contributed by atoms with Gasteiger partial charge in [-0.25, -0.2) is 0 Å². The Morgan fingerprint density at radius 3 is 2.68 bits per heavy atom. The molecule has 1 atom stereocenters. The zero-order chi connectivity index (χ0) is 17.6. The molecule has 1 aliphatic carbocycles. The van der Waals surface area contributed by atoms with Crippen molar-refractivity contribution in [1.29, 1.82) is 0 Å². The molecule has 3 rings (SSSR count). The Bertz CT molecular complexity index is 611. The summed E-state index contributed by atoms with van der Waals surface area (Å²) in [5, 5.41) is 3.01. The van der Waals surface area contributed by atoms with E-state index >= 15 is 0 Å². The molecule has 1 aliphatic heterocycles. The summed E-state index contributed by atoms with van der Waals surface area (Å²) in [7, 11) is 1.63. The first kappa shape index (κ1) is 17.8. The number of hydrogen-bond donors (Lipinski definition) is 1. The minimum absolute atomic E-state index is 0.0335. The molecule has 1 aromatic rings. The molecule has 1 heterocycles. The van der Waals surface area contributed by atoms with Crippen molar-refractivity contribution < 1.29 is 14.3 Å². The molecule has 5 nitrogen and oxygen atoms in total. The predicted molar refractivity (Wildman–Crippen MR) is 96.2 cm³/mol. The first-order valence-electron chi connectivity index (χ1n) is 9.40. The molecule has 2 fully saturated rings. The van der Waals surface area contributed by atoms with E-state index in [0.717, 1.165) is 56.3 Å². The standard InChI is InChI=1S/C20H28N2O3/c1-25-17-10-6-7-15(13-17)14-21-19(23)18-11-4-5-12-22(18)20(24)16-8-2-3-9-16/h6-7,10,13,16,18H,2-5,8-9,11-12,14H2,1H3,(H,21,23). The van der Waals surface area contributed by atoms with Crippen LogP contribution < -0.4 is 10.1 Å². The summed E-state index contributed by atoms with van der Waals surface area (Å²) >= 11 is 0. The van der Waals surface area contributed by atoms with E-state index in [1.807, 2.05) is 29.2 Å². The fourth-order valence-electron chi connectivity index (χ4n) is 3.96. The van der Waals surface area contributed by atoms with Crippen LogP contribution in [0, 0.1) is 5.92 Å². The van der Waals surface area contributed by atoms with Gasteiger partial charge in [-0.1, -0.05) is 25.0 Å². The SMILES string of the molecule is COc1cccc(CNC(=O)C2CCCCN2C(=O)C2CCCC2)c1. The van der Waals surface area contributed by atoms with Crippen molar-refractivity contribution in [2.45, 2.75) is 57.5 Å². The Kier molecular flexibility index (Phi) is 5.95. The second kappa shape index (κ2) is 8.37. The number of likely N-dealkylation sites (tertiary alicyclic amines) is 1. The maximum absolute atomic E-state index is 12.8. The molecule has 1 saturated carbocycles. The number of methoxy groups -OCH3 is 1. The molecule has 5 heteroatoms. The third-order valence-electron chi connectivity index (χ3n) is 5.39. The lowest BCUT2D eigenvalue weighted by atomic mass is 9.97. The second-order valence-corrected chi connectivity index (χ2v) is 7.09. The molecule has 136 valence electrons. The van der Waals surface area contributed by atoms with Gasteiger partial charge in [0.15, 0.2) is 0 Å². The van der Waals surface area contributed by atoms with Crippen LogP contribution in [0.5, 0.6) is 5.75 Å². The Morgan fingerprint density at radius 2 is 1.92 bits per heavy atom. The first-order valence-corrected chi connectivity index (χ1v) is 9.40. The number of carbonyl (C=O) groups is 2. The number of nitrogens with zero attached hydrogens (tertiary/aromatic N) is 1. The molecule has 1 unspecified atom stereocenters. The molecular weight excluding hydrogens is 316 g/mol. The Labute approximate surface area is 149 Å². The Balaban J connectivity index is 1.61. The van der Waals surface area contributed by atoms with Gasteiger partial charge in [0.1, 0.15) is 11.8 Å². The van der Waals surface area contributed by atoms with Crippen molar-refractivity contribution in [2.75, 3.05) is 13.7 Å². The van der Waals surface area contributed by atoms with E-state index in [2.05, 4.69) is 5.32 Å². The maximum Gasteiger partial charge on any atom is 0.243 e. The van der Waals surface area contributed by atoms with Gasteiger partial charge in [0, 0.05) is 19.0 Å². The highest BCUT2D eigenvalue weighted by Crippen LogP contribution is 2.29. The summed E-state index contributed by atoms with van der Waals surface area (Å²) in [5.74, 6) is 1.07. The number of piperidine rings is 1. The molecule has 2 aliphatic rings. The lowest BCUT2D eigenvalue weighted by molar-refractivity contribution is -0.145. The summed E-state index contributed by atoms with van der Waals surface area (Å²) in [5.41, 5.74) is 0.997. The average Bonchev–Trinajstić information content (AvgIpc) is 3.20. The number of rotatable bonds is 5. The van der Waals surface area contributed by atoms with Crippen LogP contribution in [0.4, 0.5) is 0 Å².